The molecule has 1 fully saturated rings. The first-order chi connectivity index (χ1) is 7.56. The lowest BCUT2D eigenvalue weighted by molar-refractivity contribution is 0.192. The van der Waals surface area contributed by atoms with E-state index >= 15 is 0 Å². The van der Waals surface area contributed by atoms with Crippen LogP contribution in [0, 0.1) is 0 Å². The standard InChI is InChI=1S/C13H27N3/c1-6-14-13(11(2)3)12-10-15(4)8-7-9-16(12)5/h12-14H,2,6-10H2,1,3-5H3. The normalized spacial score (nSPS) is 26.4. The number of rotatable bonds is 4. The summed E-state index contributed by atoms with van der Waals surface area (Å²) in [5.41, 5.74) is 1.24. The summed E-state index contributed by atoms with van der Waals surface area (Å²) in [5.74, 6) is 0. The predicted octanol–water partition coefficient (Wildman–Crippen LogP) is 1.18. The van der Waals surface area contributed by atoms with Gasteiger partial charge in [0.05, 0.1) is 0 Å². The molecule has 1 aliphatic rings. The van der Waals surface area contributed by atoms with Crippen LogP contribution in [0.2, 0.25) is 0 Å². The second kappa shape index (κ2) is 6.38. The van der Waals surface area contributed by atoms with Crippen LogP contribution in [0.25, 0.3) is 0 Å². The van der Waals surface area contributed by atoms with Gasteiger partial charge in [0.25, 0.3) is 0 Å². The molecule has 1 aliphatic heterocycles. The van der Waals surface area contributed by atoms with E-state index in [9.17, 15) is 0 Å². The van der Waals surface area contributed by atoms with E-state index in [2.05, 4.69) is 49.6 Å². The van der Waals surface area contributed by atoms with E-state index in [4.69, 9.17) is 0 Å². The largest absolute Gasteiger partial charge is 0.309 e. The SMILES string of the molecule is C=C(C)C(NCC)C1CN(C)CCCN1C. The molecule has 0 spiro atoms. The first-order valence-corrected chi connectivity index (χ1v) is 6.33. The highest BCUT2D eigenvalue weighted by Crippen LogP contribution is 2.14. The molecule has 16 heavy (non-hydrogen) atoms. The number of hydrogen-bond acceptors (Lipinski definition) is 3. The maximum atomic E-state index is 4.13. The Kier molecular flexibility index (Phi) is 5.46. The fourth-order valence-corrected chi connectivity index (χ4v) is 2.52. The van der Waals surface area contributed by atoms with Crippen molar-refractivity contribution in [2.45, 2.75) is 32.4 Å². The average Bonchev–Trinajstić information content (AvgIpc) is 2.37. The number of nitrogens with zero attached hydrogens (tertiary/aromatic N) is 2. The summed E-state index contributed by atoms with van der Waals surface area (Å²) in [7, 11) is 4.45. The van der Waals surface area contributed by atoms with Gasteiger partial charge in [-0.25, -0.2) is 0 Å². The third kappa shape index (κ3) is 3.58. The minimum Gasteiger partial charge on any atom is -0.309 e. The van der Waals surface area contributed by atoms with Crippen LogP contribution in [-0.4, -0.2) is 62.2 Å². The smallest absolute Gasteiger partial charge is 0.0444 e. The Morgan fingerprint density at radius 3 is 2.69 bits per heavy atom. The van der Waals surface area contributed by atoms with Crippen LogP contribution in [0.5, 0.6) is 0 Å². The Hall–Kier alpha value is -0.380. The zero-order valence-corrected chi connectivity index (χ0v) is 11.3. The van der Waals surface area contributed by atoms with E-state index in [1.165, 1.54) is 25.1 Å². The summed E-state index contributed by atoms with van der Waals surface area (Å²) >= 11 is 0. The molecule has 0 aromatic heterocycles. The van der Waals surface area contributed by atoms with Gasteiger partial charge in [-0.3, -0.25) is 0 Å². The van der Waals surface area contributed by atoms with Crippen molar-refractivity contribution in [1.29, 1.82) is 0 Å². The van der Waals surface area contributed by atoms with Crippen molar-refractivity contribution < 1.29 is 0 Å². The second-order valence-electron chi connectivity index (χ2n) is 5.05. The van der Waals surface area contributed by atoms with Crippen LogP contribution >= 0.6 is 0 Å². The summed E-state index contributed by atoms with van der Waals surface area (Å²) in [5, 5.41) is 3.56. The van der Waals surface area contributed by atoms with Gasteiger partial charge in [0.1, 0.15) is 0 Å². The molecule has 94 valence electrons. The van der Waals surface area contributed by atoms with Crippen molar-refractivity contribution in [3.05, 3.63) is 12.2 Å². The van der Waals surface area contributed by atoms with Crippen molar-refractivity contribution in [1.82, 2.24) is 15.1 Å². The van der Waals surface area contributed by atoms with E-state index in [0.29, 0.717) is 12.1 Å². The molecular weight excluding hydrogens is 198 g/mol. The molecule has 0 radical (unpaired) electrons. The Balaban J connectivity index is 2.74. The Morgan fingerprint density at radius 1 is 1.44 bits per heavy atom. The molecule has 0 aromatic carbocycles. The van der Waals surface area contributed by atoms with Crippen LogP contribution in [-0.2, 0) is 0 Å². The molecule has 2 atom stereocenters. The molecule has 0 bridgehead atoms. The highest BCUT2D eigenvalue weighted by molar-refractivity contribution is 5.08. The summed E-state index contributed by atoms with van der Waals surface area (Å²) in [6, 6.07) is 0.959. The van der Waals surface area contributed by atoms with Gasteiger partial charge in [-0.1, -0.05) is 19.1 Å². The minimum absolute atomic E-state index is 0.413. The molecule has 3 heteroatoms. The van der Waals surface area contributed by atoms with Gasteiger partial charge in [0, 0.05) is 18.6 Å². The first kappa shape index (κ1) is 13.7. The van der Waals surface area contributed by atoms with Crippen molar-refractivity contribution in [2.24, 2.45) is 0 Å². The highest BCUT2D eigenvalue weighted by Gasteiger charge is 2.28. The van der Waals surface area contributed by atoms with Gasteiger partial charge >= 0.3 is 0 Å². The van der Waals surface area contributed by atoms with Crippen molar-refractivity contribution in [3.8, 4) is 0 Å². The van der Waals surface area contributed by atoms with Crippen molar-refractivity contribution in [3.63, 3.8) is 0 Å². The van der Waals surface area contributed by atoms with Gasteiger partial charge in [0.2, 0.25) is 0 Å². The van der Waals surface area contributed by atoms with E-state index in [1.54, 1.807) is 0 Å². The third-order valence-electron chi connectivity index (χ3n) is 3.46. The topological polar surface area (TPSA) is 18.5 Å². The first-order valence-electron chi connectivity index (χ1n) is 6.33. The van der Waals surface area contributed by atoms with Crippen LogP contribution in [0.15, 0.2) is 12.2 Å². The Bertz CT molecular complexity index is 227. The molecule has 0 aliphatic carbocycles. The van der Waals surface area contributed by atoms with E-state index in [1.807, 2.05) is 0 Å². The molecule has 2 unspecified atom stereocenters. The van der Waals surface area contributed by atoms with Gasteiger partial charge in [0.15, 0.2) is 0 Å². The van der Waals surface area contributed by atoms with Gasteiger partial charge in [-0.15, -0.1) is 0 Å². The van der Waals surface area contributed by atoms with Crippen molar-refractivity contribution in [2.75, 3.05) is 40.3 Å². The quantitative estimate of drug-likeness (QED) is 0.725. The monoisotopic (exact) mass is 225 g/mol. The van der Waals surface area contributed by atoms with Crippen LogP contribution in [0.4, 0.5) is 0 Å². The zero-order chi connectivity index (χ0) is 12.1. The molecule has 0 aromatic rings. The number of hydrogen-bond donors (Lipinski definition) is 1. The highest BCUT2D eigenvalue weighted by atomic mass is 15.2. The average molecular weight is 225 g/mol. The molecule has 0 saturated carbocycles. The molecule has 3 nitrogen and oxygen atoms in total. The molecule has 1 rings (SSSR count). The summed E-state index contributed by atoms with van der Waals surface area (Å²) in [4.78, 5) is 4.91. The Labute approximate surface area is 100 Å². The predicted molar refractivity (Wildman–Crippen MR) is 70.8 cm³/mol. The summed E-state index contributed by atoms with van der Waals surface area (Å²) in [6.07, 6.45) is 1.26. The van der Waals surface area contributed by atoms with E-state index < -0.39 is 0 Å². The van der Waals surface area contributed by atoms with Crippen molar-refractivity contribution >= 4 is 0 Å². The van der Waals surface area contributed by atoms with E-state index in [0.717, 1.165) is 13.1 Å². The van der Waals surface area contributed by atoms with Gasteiger partial charge < -0.3 is 15.1 Å². The minimum atomic E-state index is 0.413. The maximum Gasteiger partial charge on any atom is 0.0444 e. The third-order valence-corrected chi connectivity index (χ3v) is 3.46. The van der Waals surface area contributed by atoms with Gasteiger partial charge in [-0.2, -0.15) is 0 Å². The fraction of sp³-hybridized carbons (Fsp3) is 0.846. The lowest BCUT2D eigenvalue weighted by Gasteiger charge is -2.35. The zero-order valence-electron chi connectivity index (χ0n) is 11.3. The molecule has 1 N–H and O–H groups in total. The second-order valence-corrected chi connectivity index (χ2v) is 5.05. The van der Waals surface area contributed by atoms with Gasteiger partial charge in [-0.05, 0) is 47.1 Å². The number of likely N-dealkylation sites (N-methyl/N-ethyl adjacent to an activating group) is 3. The number of nitrogens with one attached hydrogen (secondary N) is 1. The molecule has 1 heterocycles. The fourth-order valence-electron chi connectivity index (χ4n) is 2.52. The maximum absolute atomic E-state index is 4.13. The lowest BCUT2D eigenvalue weighted by Crippen LogP contribution is -2.52. The van der Waals surface area contributed by atoms with Crippen LogP contribution < -0.4 is 5.32 Å². The lowest BCUT2D eigenvalue weighted by atomic mass is 10.00. The Morgan fingerprint density at radius 2 is 2.12 bits per heavy atom. The molecule has 1 saturated heterocycles. The summed E-state index contributed by atoms with van der Waals surface area (Å²) < 4.78 is 0. The van der Waals surface area contributed by atoms with Crippen LogP contribution in [0.3, 0.4) is 0 Å². The summed E-state index contributed by atoms with van der Waals surface area (Å²) in [6.45, 7) is 12.9. The van der Waals surface area contributed by atoms with Crippen LogP contribution in [0.1, 0.15) is 20.3 Å². The van der Waals surface area contributed by atoms with E-state index in [-0.39, 0.29) is 0 Å². The molecular formula is C13H27N3. The molecule has 0 amide bonds.